The molecule has 0 aliphatic rings. The number of nitrogens with one attached hydrogen (secondary N) is 1. The van der Waals surface area contributed by atoms with Crippen LogP contribution in [0.5, 0.6) is 5.75 Å². The Bertz CT molecular complexity index is 391. The van der Waals surface area contributed by atoms with E-state index in [0.29, 0.717) is 17.2 Å². The smallest absolute Gasteiger partial charge is 0.251 e. The van der Waals surface area contributed by atoms with Crippen molar-refractivity contribution in [1.29, 1.82) is 0 Å². The minimum Gasteiger partial charge on any atom is -0.497 e. The number of hydrogen-bond acceptors (Lipinski definition) is 2. The third-order valence-corrected chi connectivity index (χ3v) is 2.69. The molecule has 1 amide bonds. The van der Waals surface area contributed by atoms with Gasteiger partial charge in [0.1, 0.15) is 5.75 Å². The third kappa shape index (κ3) is 4.27. The first-order valence-electron chi connectivity index (χ1n) is 5.51. The van der Waals surface area contributed by atoms with E-state index in [4.69, 9.17) is 16.3 Å². The molecule has 1 rings (SSSR count). The first-order chi connectivity index (χ1) is 7.98. The van der Waals surface area contributed by atoms with E-state index in [-0.39, 0.29) is 11.4 Å². The summed E-state index contributed by atoms with van der Waals surface area (Å²) in [4.78, 5) is 12.0. The molecule has 1 aromatic rings. The van der Waals surface area contributed by atoms with Gasteiger partial charge in [0.25, 0.3) is 5.91 Å². The van der Waals surface area contributed by atoms with Crippen LogP contribution in [0.2, 0.25) is 0 Å². The fraction of sp³-hybridized carbons (Fsp3) is 0.462. The summed E-state index contributed by atoms with van der Waals surface area (Å²) in [5, 5.41) is 2.95. The molecule has 0 bridgehead atoms. The zero-order valence-corrected chi connectivity index (χ0v) is 11.2. The van der Waals surface area contributed by atoms with Crippen LogP contribution in [0, 0.1) is 0 Å². The number of amides is 1. The average molecular weight is 256 g/mol. The number of carbonyl (C=O) groups is 1. The normalized spacial score (nSPS) is 11.1. The van der Waals surface area contributed by atoms with E-state index < -0.39 is 0 Å². The highest BCUT2D eigenvalue weighted by molar-refractivity contribution is 6.17. The van der Waals surface area contributed by atoms with Crippen LogP contribution in [0.3, 0.4) is 0 Å². The SMILES string of the molecule is COc1cccc(C(=O)NC(C)(C)CCCl)c1. The Morgan fingerprint density at radius 3 is 2.76 bits per heavy atom. The molecule has 1 aromatic carbocycles. The van der Waals surface area contributed by atoms with Crippen LogP contribution in [0.4, 0.5) is 0 Å². The van der Waals surface area contributed by atoms with Crippen LogP contribution in [0.15, 0.2) is 24.3 Å². The van der Waals surface area contributed by atoms with Crippen molar-refractivity contribution < 1.29 is 9.53 Å². The molecular weight excluding hydrogens is 238 g/mol. The fourth-order valence-electron chi connectivity index (χ4n) is 1.44. The van der Waals surface area contributed by atoms with E-state index in [1.807, 2.05) is 13.8 Å². The third-order valence-electron chi connectivity index (χ3n) is 2.50. The maximum Gasteiger partial charge on any atom is 0.251 e. The van der Waals surface area contributed by atoms with Crippen molar-refractivity contribution in [2.24, 2.45) is 0 Å². The van der Waals surface area contributed by atoms with Gasteiger partial charge in [-0.25, -0.2) is 0 Å². The zero-order valence-electron chi connectivity index (χ0n) is 10.4. The van der Waals surface area contributed by atoms with Crippen molar-refractivity contribution in [3.8, 4) is 5.75 Å². The van der Waals surface area contributed by atoms with Gasteiger partial charge in [-0.2, -0.15) is 0 Å². The van der Waals surface area contributed by atoms with Gasteiger partial charge in [-0.05, 0) is 38.5 Å². The first-order valence-corrected chi connectivity index (χ1v) is 6.04. The second-order valence-corrected chi connectivity index (χ2v) is 4.89. The number of carbonyl (C=O) groups excluding carboxylic acids is 1. The highest BCUT2D eigenvalue weighted by Crippen LogP contribution is 2.15. The van der Waals surface area contributed by atoms with Gasteiger partial charge in [0.05, 0.1) is 7.11 Å². The molecule has 0 heterocycles. The number of rotatable bonds is 5. The van der Waals surface area contributed by atoms with E-state index in [1.165, 1.54) is 0 Å². The number of benzene rings is 1. The summed E-state index contributed by atoms with van der Waals surface area (Å²) >= 11 is 5.69. The Hall–Kier alpha value is -1.22. The number of ether oxygens (including phenoxy) is 1. The average Bonchev–Trinajstić information content (AvgIpc) is 2.28. The molecule has 4 heteroatoms. The van der Waals surface area contributed by atoms with Gasteiger partial charge in [-0.15, -0.1) is 11.6 Å². The summed E-state index contributed by atoms with van der Waals surface area (Å²) in [5.74, 6) is 1.08. The van der Waals surface area contributed by atoms with Crippen molar-refractivity contribution in [2.75, 3.05) is 13.0 Å². The molecule has 3 nitrogen and oxygen atoms in total. The van der Waals surface area contributed by atoms with Gasteiger partial charge < -0.3 is 10.1 Å². The lowest BCUT2D eigenvalue weighted by molar-refractivity contribution is 0.0911. The maximum absolute atomic E-state index is 12.0. The molecular formula is C13H18ClNO2. The standard InChI is InChI=1S/C13H18ClNO2/c1-13(2,7-8-14)15-12(16)10-5-4-6-11(9-10)17-3/h4-6,9H,7-8H2,1-3H3,(H,15,16). The summed E-state index contributed by atoms with van der Waals surface area (Å²) in [6.45, 7) is 3.90. The molecule has 0 spiro atoms. The molecule has 0 saturated carbocycles. The number of halogens is 1. The van der Waals surface area contributed by atoms with Crippen LogP contribution >= 0.6 is 11.6 Å². The van der Waals surface area contributed by atoms with Crippen molar-refractivity contribution >= 4 is 17.5 Å². The highest BCUT2D eigenvalue weighted by Gasteiger charge is 2.20. The van der Waals surface area contributed by atoms with Gasteiger partial charge >= 0.3 is 0 Å². The van der Waals surface area contributed by atoms with E-state index in [0.717, 1.165) is 6.42 Å². The summed E-state index contributed by atoms with van der Waals surface area (Å²) < 4.78 is 5.08. The monoisotopic (exact) mass is 255 g/mol. The molecule has 94 valence electrons. The van der Waals surface area contributed by atoms with E-state index in [1.54, 1.807) is 31.4 Å². The second-order valence-electron chi connectivity index (χ2n) is 4.51. The zero-order chi connectivity index (χ0) is 12.9. The van der Waals surface area contributed by atoms with Crippen LogP contribution in [-0.2, 0) is 0 Å². The molecule has 0 aliphatic heterocycles. The lowest BCUT2D eigenvalue weighted by atomic mass is 10.0. The van der Waals surface area contributed by atoms with Gasteiger partial charge in [-0.3, -0.25) is 4.79 Å². The number of hydrogen-bond donors (Lipinski definition) is 1. The van der Waals surface area contributed by atoms with Gasteiger partial charge in [0.15, 0.2) is 0 Å². The quantitative estimate of drug-likeness (QED) is 0.822. The number of methoxy groups -OCH3 is 1. The Balaban J connectivity index is 2.75. The van der Waals surface area contributed by atoms with Gasteiger partial charge in [-0.1, -0.05) is 6.07 Å². The fourth-order valence-corrected chi connectivity index (χ4v) is 1.92. The maximum atomic E-state index is 12.0. The Kier molecular flexibility index (Phi) is 4.82. The first kappa shape index (κ1) is 13.8. The topological polar surface area (TPSA) is 38.3 Å². The predicted molar refractivity (Wildman–Crippen MR) is 69.9 cm³/mol. The van der Waals surface area contributed by atoms with E-state index >= 15 is 0 Å². The van der Waals surface area contributed by atoms with Crippen LogP contribution in [-0.4, -0.2) is 24.4 Å². The van der Waals surface area contributed by atoms with Crippen LogP contribution in [0.1, 0.15) is 30.6 Å². The Morgan fingerprint density at radius 1 is 1.47 bits per heavy atom. The second kappa shape index (κ2) is 5.92. The van der Waals surface area contributed by atoms with Gasteiger partial charge in [0, 0.05) is 17.0 Å². The highest BCUT2D eigenvalue weighted by atomic mass is 35.5. The molecule has 0 aliphatic carbocycles. The molecule has 0 radical (unpaired) electrons. The van der Waals surface area contributed by atoms with Crippen molar-refractivity contribution in [1.82, 2.24) is 5.32 Å². The predicted octanol–water partition coefficient (Wildman–Crippen LogP) is 2.83. The lowest BCUT2D eigenvalue weighted by Gasteiger charge is -2.25. The van der Waals surface area contributed by atoms with Crippen molar-refractivity contribution in [2.45, 2.75) is 25.8 Å². The molecule has 0 aromatic heterocycles. The molecule has 1 N–H and O–H groups in total. The molecule has 0 unspecified atom stereocenters. The molecule has 0 saturated heterocycles. The summed E-state index contributed by atoms with van der Waals surface area (Å²) in [6.07, 6.45) is 0.726. The lowest BCUT2D eigenvalue weighted by Crippen LogP contribution is -2.43. The minimum atomic E-state index is -0.304. The summed E-state index contributed by atoms with van der Waals surface area (Å²) in [5.41, 5.74) is 0.286. The largest absolute Gasteiger partial charge is 0.497 e. The van der Waals surface area contributed by atoms with E-state index in [2.05, 4.69) is 5.32 Å². The minimum absolute atomic E-state index is 0.112. The Morgan fingerprint density at radius 2 is 2.18 bits per heavy atom. The van der Waals surface area contributed by atoms with Crippen molar-refractivity contribution in [3.63, 3.8) is 0 Å². The van der Waals surface area contributed by atoms with Crippen molar-refractivity contribution in [3.05, 3.63) is 29.8 Å². The van der Waals surface area contributed by atoms with Gasteiger partial charge in [0.2, 0.25) is 0 Å². The molecule has 0 fully saturated rings. The van der Waals surface area contributed by atoms with Crippen LogP contribution < -0.4 is 10.1 Å². The molecule has 0 atom stereocenters. The Labute approximate surface area is 107 Å². The van der Waals surface area contributed by atoms with Crippen LogP contribution in [0.25, 0.3) is 0 Å². The summed E-state index contributed by atoms with van der Waals surface area (Å²) in [7, 11) is 1.58. The number of alkyl halides is 1. The molecule has 17 heavy (non-hydrogen) atoms. The van der Waals surface area contributed by atoms with E-state index in [9.17, 15) is 4.79 Å². The summed E-state index contributed by atoms with van der Waals surface area (Å²) in [6, 6.07) is 7.07.